The summed E-state index contributed by atoms with van der Waals surface area (Å²) in [5.41, 5.74) is 6.71. The Morgan fingerprint density at radius 1 is 1.03 bits per heavy atom. The van der Waals surface area contributed by atoms with Gasteiger partial charge >= 0.3 is 6.09 Å². The number of primary amides is 1. The molecule has 2 aliphatic rings. The molecule has 2 heterocycles. The second-order valence-corrected chi connectivity index (χ2v) is 9.84. The van der Waals surface area contributed by atoms with Gasteiger partial charge in [0.2, 0.25) is 11.8 Å². The lowest BCUT2D eigenvalue weighted by atomic mass is 9.93. The first-order chi connectivity index (χ1) is 15.1. The molecule has 32 heavy (non-hydrogen) atoms. The molecule has 8 nitrogen and oxygen atoms in total. The first-order valence-corrected chi connectivity index (χ1v) is 11.5. The molecule has 3 N–H and O–H groups in total. The lowest BCUT2D eigenvalue weighted by molar-refractivity contribution is -0.122. The monoisotopic (exact) mass is 444 g/mol. The van der Waals surface area contributed by atoms with Gasteiger partial charge in [-0.15, -0.1) is 0 Å². The van der Waals surface area contributed by atoms with E-state index in [1.807, 2.05) is 45.0 Å². The SMILES string of the molecule is CC(C)(C)OC(=O)N1CCC(CC(=O)Nc2ccccc2N2CCC(C(N)=O)CC2)CC1. The number of rotatable bonds is 5. The number of hydrogen-bond donors (Lipinski definition) is 2. The van der Waals surface area contributed by atoms with Crippen LogP contribution in [0.1, 0.15) is 52.9 Å². The van der Waals surface area contributed by atoms with Crippen LogP contribution in [0.15, 0.2) is 24.3 Å². The molecule has 2 aliphatic heterocycles. The summed E-state index contributed by atoms with van der Waals surface area (Å²) in [4.78, 5) is 40.4. The maximum absolute atomic E-state index is 12.8. The summed E-state index contributed by atoms with van der Waals surface area (Å²) in [7, 11) is 0. The van der Waals surface area contributed by atoms with Crippen LogP contribution in [-0.4, -0.2) is 54.6 Å². The fourth-order valence-corrected chi connectivity index (χ4v) is 4.37. The second-order valence-electron chi connectivity index (χ2n) is 9.84. The normalized spacial score (nSPS) is 18.3. The van der Waals surface area contributed by atoms with Crippen LogP contribution in [0.2, 0.25) is 0 Å². The summed E-state index contributed by atoms with van der Waals surface area (Å²) in [6.07, 6.45) is 3.18. The smallest absolute Gasteiger partial charge is 0.410 e. The molecule has 0 aliphatic carbocycles. The molecule has 0 saturated carbocycles. The molecule has 1 aromatic carbocycles. The third-order valence-electron chi connectivity index (χ3n) is 6.16. The molecule has 8 heteroatoms. The van der Waals surface area contributed by atoms with Gasteiger partial charge in [0.25, 0.3) is 0 Å². The minimum atomic E-state index is -0.504. The number of carbonyl (C=O) groups is 3. The topological polar surface area (TPSA) is 105 Å². The van der Waals surface area contributed by atoms with Crippen molar-refractivity contribution in [2.24, 2.45) is 17.6 Å². The number of nitrogens with one attached hydrogen (secondary N) is 1. The van der Waals surface area contributed by atoms with E-state index in [-0.39, 0.29) is 29.7 Å². The standard InChI is InChI=1S/C24H36N4O4/c1-24(2,3)32-23(31)28-12-8-17(9-13-28)16-21(29)26-19-6-4-5-7-20(19)27-14-10-18(11-15-27)22(25)30/h4-7,17-18H,8-16H2,1-3H3,(H2,25,30)(H,26,29). The fourth-order valence-electron chi connectivity index (χ4n) is 4.37. The van der Waals surface area contributed by atoms with E-state index < -0.39 is 5.60 Å². The van der Waals surface area contributed by atoms with Crippen molar-refractivity contribution in [2.45, 2.75) is 58.5 Å². The molecule has 2 fully saturated rings. The number of para-hydroxylation sites is 2. The van der Waals surface area contributed by atoms with Crippen molar-refractivity contribution in [3.05, 3.63) is 24.3 Å². The lowest BCUT2D eigenvalue weighted by Gasteiger charge is -2.34. The molecular weight excluding hydrogens is 408 g/mol. The Balaban J connectivity index is 1.50. The highest BCUT2D eigenvalue weighted by molar-refractivity contribution is 5.94. The third kappa shape index (κ3) is 6.61. The van der Waals surface area contributed by atoms with E-state index in [9.17, 15) is 14.4 Å². The van der Waals surface area contributed by atoms with Crippen molar-refractivity contribution in [3.8, 4) is 0 Å². The van der Waals surface area contributed by atoms with Gasteiger partial charge in [-0.3, -0.25) is 9.59 Å². The first-order valence-electron chi connectivity index (χ1n) is 11.5. The van der Waals surface area contributed by atoms with Crippen LogP contribution >= 0.6 is 0 Å². The van der Waals surface area contributed by atoms with E-state index in [0.29, 0.717) is 19.5 Å². The van der Waals surface area contributed by atoms with E-state index in [4.69, 9.17) is 10.5 Å². The number of ether oxygens (including phenoxy) is 1. The summed E-state index contributed by atoms with van der Waals surface area (Å²) in [6, 6.07) is 7.78. The van der Waals surface area contributed by atoms with Gasteiger partial charge < -0.3 is 25.6 Å². The zero-order valence-corrected chi connectivity index (χ0v) is 19.4. The Morgan fingerprint density at radius 3 is 2.25 bits per heavy atom. The quantitative estimate of drug-likeness (QED) is 0.724. The molecule has 0 atom stereocenters. The highest BCUT2D eigenvalue weighted by Gasteiger charge is 2.28. The second kappa shape index (κ2) is 10.2. The van der Waals surface area contributed by atoms with Crippen molar-refractivity contribution in [2.75, 3.05) is 36.4 Å². The Bertz CT molecular complexity index is 820. The molecule has 2 saturated heterocycles. The zero-order valence-electron chi connectivity index (χ0n) is 19.4. The van der Waals surface area contributed by atoms with Gasteiger partial charge in [-0.1, -0.05) is 12.1 Å². The lowest BCUT2D eigenvalue weighted by Crippen LogP contribution is -2.42. The molecule has 0 unspecified atom stereocenters. The number of nitrogens with two attached hydrogens (primary N) is 1. The zero-order chi connectivity index (χ0) is 23.3. The predicted molar refractivity (Wildman–Crippen MR) is 124 cm³/mol. The van der Waals surface area contributed by atoms with Gasteiger partial charge in [0.1, 0.15) is 5.60 Å². The van der Waals surface area contributed by atoms with Crippen LogP contribution in [0.25, 0.3) is 0 Å². The largest absolute Gasteiger partial charge is 0.444 e. The van der Waals surface area contributed by atoms with Gasteiger partial charge in [0.05, 0.1) is 11.4 Å². The molecule has 0 spiro atoms. The van der Waals surface area contributed by atoms with E-state index in [1.165, 1.54) is 0 Å². The highest BCUT2D eigenvalue weighted by Crippen LogP contribution is 2.30. The van der Waals surface area contributed by atoms with Crippen LogP contribution in [0.5, 0.6) is 0 Å². The average molecular weight is 445 g/mol. The maximum Gasteiger partial charge on any atom is 0.410 e. The summed E-state index contributed by atoms with van der Waals surface area (Å²) in [6.45, 7) is 8.28. The van der Waals surface area contributed by atoms with Crippen molar-refractivity contribution < 1.29 is 19.1 Å². The minimum absolute atomic E-state index is 0.0137. The van der Waals surface area contributed by atoms with Crippen molar-refractivity contribution in [3.63, 3.8) is 0 Å². The summed E-state index contributed by atoms with van der Waals surface area (Å²) < 4.78 is 5.44. The van der Waals surface area contributed by atoms with Gasteiger partial charge in [0, 0.05) is 38.5 Å². The van der Waals surface area contributed by atoms with Gasteiger partial charge in [-0.25, -0.2) is 4.79 Å². The molecule has 3 rings (SSSR count). The van der Waals surface area contributed by atoms with Crippen LogP contribution in [-0.2, 0) is 14.3 Å². The third-order valence-corrected chi connectivity index (χ3v) is 6.16. The predicted octanol–water partition coefficient (Wildman–Crippen LogP) is 3.36. The molecule has 1 aromatic rings. The molecule has 0 aromatic heterocycles. The Morgan fingerprint density at radius 2 is 1.66 bits per heavy atom. The number of carbonyl (C=O) groups excluding carboxylic acids is 3. The minimum Gasteiger partial charge on any atom is -0.444 e. The van der Waals surface area contributed by atoms with Gasteiger partial charge in [-0.05, 0) is 64.5 Å². The first kappa shape index (κ1) is 23.9. The Kier molecular flexibility index (Phi) is 7.64. The van der Waals surface area contributed by atoms with Crippen LogP contribution in [0.4, 0.5) is 16.2 Å². The number of nitrogens with zero attached hydrogens (tertiary/aromatic N) is 2. The van der Waals surface area contributed by atoms with Crippen LogP contribution < -0.4 is 16.0 Å². The van der Waals surface area contributed by atoms with E-state index in [1.54, 1.807) is 4.90 Å². The van der Waals surface area contributed by atoms with E-state index in [2.05, 4.69) is 10.2 Å². The summed E-state index contributed by atoms with van der Waals surface area (Å²) in [5, 5.41) is 3.08. The molecular formula is C24H36N4O4. The molecule has 0 radical (unpaired) electrons. The number of piperidine rings is 2. The molecule has 176 valence electrons. The van der Waals surface area contributed by atoms with Crippen LogP contribution in [0.3, 0.4) is 0 Å². The van der Waals surface area contributed by atoms with Gasteiger partial charge in [-0.2, -0.15) is 0 Å². The molecule has 3 amide bonds. The number of likely N-dealkylation sites (tertiary alicyclic amines) is 1. The van der Waals surface area contributed by atoms with Gasteiger partial charge in [0.15, 0.2) is 0 Å². The maximum atomic E-state index is 12.8. The summed E-state index contributed by atoms with van der Waals surface area (Å²) >= 11 is 0. The average Bonchev–Trinajstić information content (AvgIpc) is 2.73. The van der Waals surface area contributed by atoms with Crippen molar-refractivity contribution in [1.29, 1.82) is 0 Å². The number of amides is 3. The van der Waals surface area contributed by atoms with Crippen molar-refractivity contribution in [1.82, 2.24) is 4.90 Å². The van der Waals surface area contributed by atoms with E-state index >= 15 is 0 Å². The fraction of sp³-hybridized carbons (Fsp3) is 0.625. The Labute approximate surface area is 190 Å². The van der Waals surface area contributed by atoms with Crippen molar-refractivity contribution >= 4 is 29.3 Å². The number of benzene rings is 1. The van der Waals surface area contributed by atoms with E-state index in [0.717, 1.165) is 50.1 Å². The molecule has 0 bridgehead atoms. The summed E-state index contributed by atoms with van der Waals surface area (Å²) in [5.74, 6) is -0.0733. The van der Waals surface area contributed by atoms with Crippen LogP contribution in [0, 0.1) is 11.8 Å². The highest BCUT2D eigenvalue weighted by atomic mass is 16.6. The number of hydrogen-bond acceptors (Lipinski definition) is 5. The Hall–Kier alpha value is -2.77. The number of anilines is 2.